The predicted octanol–water partition coefficient (Wildman–Crippen LogP) is 4.39. The van der Waals surface area contributed by atoms with Gasteiger partial charge in [0.15, 0.2) is 0 Å². The molecule has 0 fully saturated rings. The standard InChI is InChI=1S/C17H21FN2/c1-3-16(19)15-10-5-6-11-17(15)20(4-2)14-9-7-8-13(18)12-14/h5-12,16H,3-4,19H2,1-2H3/t16-/m0/s1. The van der Waals surface area contributed by atoms with Gasteiger partial charge in [-0.2, -0.15) is 0 Å². The van der Waals surface area contributed by atoms with Crippen LogP contribution < -0.4 is 10.6 Å². The van der Waals surface area contributed by atoms with Crippen molar-refractivity contribution in [2.75, 3.05) is 11.4 Å². The van der Waals surface area contributed by atoms with Crippen LogP contribution in [0.5, 0.6) is 0 Å². The van der Waals surface area contributed by atoms with Gasteiger partial charge in [-0.1, -0.05) is 31.2 Å². The van der Waals surface area contributed by atoms with E-state index in [1.165, 1.54) is 6.07 Å². The molecule has 3 heteroatoms. The molecule has 0 aromatic heterocycles. The molecule has 106 valence electrons. The molecule has 2 aromatic carbocycles. The van der Waals surface area contributed by atoms with Crippen LogP contribution in [-0.2, 0) is 0 Å². The largest absolute Gasteiger partial charge is 0.341 e. The molecule has 0 bridgehead atoms. The Morgan fingerprint density at radius 1 is 1.10 bits per heavy atom. The van der Waals surface area contributed by atoms with Crippen LogP contribution in [0.15, 0.2) is 48.5 Å². The van der Waals surface area contributed by atoms with E-state index in [0.717, 1.165) is 29.9 Å². The first kappa shape index (κ1) is 14.5. The van der Waals surface area contributed by atoms with Crippen molar-refractivity contribution in [1.29, 1.82) is 0 Å². The Balaban J connectivity index is 2.47. The summed E-state index contributed by atoms with van der Waals surface area (Å²) in [5, 5.41) is 0. The summed E-state index contributed by atoms with van der Waals surface area (Å²) < 4.78 is 13.5. The minimum Gasteiger partial charge on any atom is -0.341 e. The lowest BCUT2D eigenvalue weighted by Gasteiger charge is -2.27. The number of nitrogens with zero attached hydrogens (tertiary/aromatic N) is 1. The zero-order chi connectivity index (χ0) is 14.5. The second-order valence-corrected chi connectivity index (χ2v) is 4.80. The fraction of sp³-hybridized carbons (Fsp3) is 0.294. The molecule has 0 aliphatic rings. The number of para-hydroxylation sites is 1. The number of hydrogen-bond donors (Lipinski definition) is 1. The Morgan fingerprint density at radius 3 is 2.50 bits per heavy atom. The van der Waals surface area contributed by atoms with Crippen LogP contribution in [0.1, 0.15) is 31.9 Å². The molecule has 0 saturated heterocycles. The summed E-state index contributed by atoms with van der Waals surface area (Å²) in [5.41, 5.74) is 9.19. The molecule has 0 radical (unpaired) electrons. The minimum atomic E-state index is -0.224. The first-order chi connectivity index (χ1) is 9.67. The summed E-state index contributed by atoms with van der Waals surface area (Å²) >= 11 is 0. The fourth-order valence-corrected chi connectivity index (χ4v) is 2.40. The lowest BCUT2D eigenvalue weighted by atomic mass is 10.0. The van der Waals surface area contributed by atoms with Crippen LogP contribution in [0.3, 0.4) is 0 Å². The van der Waals surface area contributed by atoms with E-state index in [2.05, 4.69) is 18.7 Å². The Morgan fingerprint density at radius 2 is 1.85 bits per heavy atom. The van der Waals surface area contributed by atoms with E-state index in [0.29, 0.717) is 0 Å². The molecule has 0 unspecified atom stereocenters. The van der Waals surface area contributed by atoms with E-state index >= 15 is 0 Å². The van der Waals surface area contributed by atoms with Crippen LogP contribution >= 0.6 is 0 Å². The number of nitrogens with two attached hydrogens (primary N) is 1. The van der Waals surface area contributed by atoms with Crippen LogP contribution in [0, 0.1) is 5.82 Å². The molecule has 0 spiro atoms. The van der Waals surface area contributed by atoms with Crippen molar-refractivity contribution in [1.82, 2.24) is 0 Å². The molecule has 0 heterocycles. The quantitative estimate of drug-likeness (QED) is 0.874. The van der Waals surface area contributed by atoms with Gasteiger partial charge in [0, 0.05) is 24.0 Å². The summed E-state index contributed by atoms with van der Waals surface area (Å²) in [6.45, 7) is 4.88. The highest BCUT2D eigenvalue weighted by Gasteiger charge is 2.15. The molecule has 0 amide bonds. The number of benzene rings is 2. The third-order valence-electron chi connectivity index (χ3n) is 3.50. The van der Waals surface area contributed by atoms with Crippen molar-refractivity contribution in [3.8, 4) is 0 Å². The van der Waals surface area contributed by atoms with E-state index in [-0.39, 0.29) is 11.9 Å². The monoisotopic (exact) mass is 272 g/mol. The van der Waals surface area contributed by atoms with Gasteiger partial charge < -0.3 is 10.6 Å². The molecule has 2 rings (SSSR count). The fourth-order valence-electron chi connectivity index (χ4n) is 2.40. The van der Waals surface area contributed by atoms with Crippen molar-refractivity contribution in [2.24, 2.45) is 5.73 Å². The van der Waals surface area contributed by atoms with Crippen molar-refractivity contribution in [3.63, 3.8) is 0 Å². The van der Waals surface area contributed by atoms with Crippen molar-refractivity contribution in [3.05, 3.63) is 59.9 Å². The van der Waals surface area contributed by atoms with E-state index in [4.69, 9.17) is 5.73 Å². The maximum atomic E-state index is 13.5. The molecular formula is C17H21FN2. The van der Waals surface area contributed by atoms with Gasteiger partial charge in [-0.25, -0.2) is 4.39 Å². The first-order valence-corrected chi connectivity index (χ1v) is 7.05. The van der Waals surface area contributed by atoms with E-state index < -0.39 is 0 Å². The highest BCUT2D eigenvalue weighted by atomic mass is 19.1. The molecule has 0 aliphatic heterocycles. The highest BCUT2D eigenvalue weighted by Crippen LogP contribution is 2.32. The van der Waals surface area contributed by atoms with Crippen molar-refractivity contribution >= 4 is 11.4 Å². The SMILES string of the molecule is CC[C@H](N)c1ccccc1N(CC)c1cccc(F)c1. The third-order valence-corrected chi connectivity index (χ3v) is 3.50. The molecule has 20 heavy (non-hydrogen) atoms. The van der Waals surface area contributed by atoms with Crippen LogP contribution in [-0.4, -0.2) is 6.54 Å². The summed E-state index contributed by atoms with van der Waals surface area (Å²) in [5.74, 6) is -0.224. The first-order valence-electron chi connectivity index (χ1n) is 7.05. The van der Waals surface area contributed by atoms with Crippen LogP contribution in [0.2, 0.25) is 0 Å². The molecule has 0 saturated carbocycles. The summed E-state index contributed by atoms with van der Waals surface area (Å²) in [6.07, 6.45) is 0.873. The number of anilines is 2. The Hall–Kier alpha value is -1.87. The zero-order valence-corrected chi connectivity index (χ0v) is 12.0. The smallest absolute Gasteiger partial charge is 0.125 e. The van der Waals surface area contributed by atoms with E-state index in [1.54, 1.807) is 12.1 Å². The molecule has 2 nitrogen and oxygen atoms in total. The summed E-state index contributed by atoms with van der Waals surface area (Å²) in [4.78, 5) is 2.09. The second-order valence-electron chi connectivity index (χ2n) is 4.80. The van der Waals surface area contributed by atoms with Gasteiger partial charge in [-0.05, 0) is 43.2 Å². The second kappa shape index (κ2) is 6.53. The lowest BCUT2D eigenvalue weighted by Crippen LogP contribution is -2.20. The maximum absolute atomic E-state index is 13.5. The Kier molecular flexibility index (Phi) is 4.74. The lowest BCUT2D eigenvalue weighted by molar-refractivity contribution is 0.627. The minimum absolute atomic E-state index is 0.00573. The molecule has 1 atom stereocenters. The average Bonchev–Trinajstić information content (AvgIpc) is 2.48. The third kappa shape index (κ3) is 2.99. The molecule has 2 N–H and O–H groups in total. The summed E-state index contributed by atoms with van der Waals surface area (Å²) in [6, 6.07) is 14.7. The van der Waals surface area contributed by atoms with Gasteiger partial charge >= 0.3 is 0 Å². The van der Waals surface area contributed by atoms with Crippen LogP contribution in [0.25, 0.3) is 0 Å². The van der Waals surface area contributed by atoms with E-state index in [9.17, 15) is 4.39 Å². The Labute approximate surface area is 120 Å². The van der Waals surface area contributed by atoms with Crippen molar-refractivity contribution in [2.45, 2.75) is 26.3 Å². The summed E-state index contributed by atoms with van der Waals surface area (Å²) in [7, 11) is 0. The van der Waals surface area contributed by atoms with Crippen molar-refractivity contribution < 1.29 is 4.39 Å². The Bertz CT molecular complexity index is 568. The number of rotatable bonds is 5. The zero-order valence-electron chi connectivity index (χ0n) is 12.0. The van der Waals surface area contributed by atoms with Gasteiger partial charge in [0.2, 0.25) is 0 Å². The number of halogens is 1. The molecule has 2 aromatic rings. The molecular weight excluding hydrogens is 251 g/mol. The van der Waals surface area contributed by atoms with Crippen LogP contribution in [0.4, 0.5) is 15.8 Å². The average molecular weight is 272 g/mol. The normalized spacial score (nSPS) is 12.2. The van der Waals surface area contributed by atoms with Gasteiger partial charge in [0.1, 0.15) is 5.82 Å². The van der Waals surface area contributed by atoms with Gasteiger partial charge in [-0.15, -0.1) is 0 Å². The van der Waals surface area contributed by atoms with Gasteiger partial charge in [0.25, 0.3) is 0 Å². The number of hydrogen-bond acceptors (Lipinski definition) is 2. The van der Waals surface area contributed by atoms with Gasteiger partial charge in [0.05, 0.1) is 0 Å². The topological polar surface area (TPSA) is 29.3 Å². The maximum Gasteiger partial charge on any atom is 0.125 e. The van der Waals surface area contributed by atoms with Gasteiger partial charge in [-0.3, -0.25) is 0 Å². The molecule has 0 aliphatic carbocycles. The predicted molar refractivity (Wildman–Crippen MR) is 82.7 cm³/mol. The highest BCUT2D eigenvalue weighted by molar-refractivity contribution is 5.67. The van der Waals surface area contributed by atoms with E-state index in [1.807, 2.05) is 30.3 Å².